The van der Waals surface area contributed by atoms with E-state index >= 15 is 0 Å². The topological polar surface area (TPSA) is 64.2 Å². The summed E-state index contributed by atoms with van der Waals surface area (Å²) in [5, 5.41) is 22.5. The molecular weight excluding hydrogens is 206 g/mol. The molecule has 16 heavy (non-hydrogen) atoms. The third-order valence-electron chi connectivity index (χ3n) is 2.62. The molecule has 82 valence electrons. The van der Waals surface area contributed by atoms with Crippen LogP contribution in [0.2, 0.25) is 0 Å². The van der Waals surface area contributed by atoms with E-state index in [9.17, 15) is 15.1 Å². The Kier molecular flexibility index (Phi) is 2.48. The van der Waals surface area contributed by atoms with Crippen LogP contribution in [-0.4, -0.2) is 11.4 Å². The Morgan fingerprint density at radius 3 is 2.81 bits per heavy atom. The molecule has 0 amide bonds. The number of hydrogen-bond acceptors (Lipinski definition) is 3. The minimum Gasteiger partial charge on any atom is -0.616 e. The maximum absolute atomic E-state index is 11.4. The van der Waals surface area contributed by atoms with Gasteiger partial charge in [0.15, 0.2) is 6.20 Å². The molecule has 4 nitrogen and oxygen atoms in total. The molecule has 0 saturated heterocycles. The Hall–Kier alpha value is -2.10. The molecule has 0 aliphatic heterocycles. The van der Waals surface area contributed by atoms with Gasteiger partial charge in [-0.3, -0.25) is 0 Å². The molecule has 1 N–H and O–H groups in total. The van der Waals surface area contributed by atoms with Gasteiger partial charge in [-0.05, 0) is 6.07 Å². The first-order valence-electron chi connectivity index (χ1n) is 4.94. The Balaban J connectivity index is 2.86. The summed E-state index contributed by atoms with van der Waals surface area (Å²) in [6, 6.07) is 7.15. The minimum absolute atomic E-state index is 0.378. The van der Waals surface area contributed by atoms with Crippen molar-refractivity contribution in [3.8, 4) is 5.88 Å². The number of fused-ring (bicyclic) bond motifs is 1. The monoisotopic (exact) mass is 217 g/mol. The molecule has 2 rings (SSSR count). The highest BCUT2D eigenvalue weighted by Gasteiger charge is 2.21. The summed E-state index contributed by atoms with van der Waals surface area (Å²) in [7, 11) is 0. The Morgan fingerprint density at radius 2 is 2.12 bits per heavy atom. The highest BCUT2D eigenvalue weighted by molar-refractivity contribution is 5.88. The van der Waals surface area contributed by atoms with Crippen LogP contribution in [0.4, 0.5) is 0 Å². The number of hydrogen-bond donors (Lipinski definition) is 1. The SMILES string of the molecule is CC(C=O)c1c(O)[n+]([O-])cc2ccccc12. The second-order valence-corrected chi connectivity index (χ2v) is 3.70. The zero-order valence-corrected chi connectivity index (χ0v) is 8.75. The summed E-state index contributed by atoms with van der Waals surface area (Å²) in [6.45, 7) is 1.65. The minimum atomic E-state index is -0.508. The number of aromatic hydroxyl groups is 1. The summed E-state index contributed by atoms with van der Waals surface area (Å²) in [4.78, 5) is 10.8. The van der Waals surface area contributed by atoms with E-state index in [1.807, 2.05) is 0 Å². The first kappa shape index (κ1) is 10.4. The van der Waals surface area contributed by atoms with Crippen molar-refractivity contribution in [2.75, 3.05) is 0 Å². The number of carbonyl (C=O) groups is 1. The summed E-state index contributed by atoms with van der Waals surface area (Å²) < 4.78 is 0.387. The number of aromatic nitrogens is 1. The number of benzene rings is 1. The fourth-order valence-electron chi connectivity index (χ4n) is 1.80. The molecule has 0 radical (unpaired) electrons. The van der Waals surface area contributed by atoms with Crippen molar-refractivity contribution in [2.24, 2.45) is 0 Å². The Labute approximate surface area is 92.3 Å². The van der Waals surface area contributed by atoms with E-state index in [-0.39, 0.29) is 0 Å². The van der Waals surface area contributed by atoms with Gasteiger partial charge >= 0.3 is 5.88 Å². The molecule has 0 spiro atoms. The third-order valence-corrected chi connectivity index (χ3v) is 2.62. The molecule has 0 saturated carbocycles. The van der Waals surface area contributed by atoms with Crippen molar-refractivity contribution in [3.63, 3.8) is 0 Å². The van der Waals surface area contributed by atoms with E-state index in [2.05, 4.69) is 0 Å². The Morgan fingerprint density at radius 1 is 1.44 bits per heavy atom. The van der Waals surface area contributed by atoms with E-state index < -0.39 is 11.8 Å². The average molecular weight is 217 g/mol. The van der Waals surface area contributed by atoms with Gasteiger partial charge in [0.05, 0.1) is 5.56 Å². The zero-order chi connectivity index (χ0) is 11.7. The summed E-state index contributed by atoms with van der Waals surface area (Å²) in [5.41, 5.74) is 0.378. The summed E-state index contributed by atoms with van der Waals surface area (Å²) in [5.74, 6) is -0.912. The van der Waals surface area contributed by atoms with Crippen LogP contribution in [0, 0.1) is 5.21 Å². The summed E-state index contributed by atoms with van der Waals surface area (Å²) >= 11 is 0. The van der Waals surface area contributed by atoms with Crippen molar-refractivity contribution >= 4 is 17.1 Å². The number of pyridine rings is 1. The average Bonchev–Trinajstić information content (AvgIpc) is 2.30. The predicted octanol–water partition coefficient (Wildman–Crippen LogP) is 1.48. The van der Waals surface area contributed by atoms with Crippen LogP contribution < -0.4 is 4.73 Å². The molecule has 0 aliphatic carbocycles. The van der Waals surface area contributed by atoms with Crippen LogP contribution in [0.1, 0.15) is 18.4 Å². The largest absolute Gasteiger partial charge is 0.616 e. The fraction of sp³-hybridized carbons (Fsp3) is 0.167. The molecule has 0 aliphatic rings. The molecule has 1 aromatic heterocycles. The number of aldehydes is 1. The van der Waals surface area contributed by atoms with E-state index in [0.29, 0.717) is 22.0 Å². The molecule has 1 heterocycles. The maximum atomic E-state index is 11.4. The molecular formula is C12H11NO3. The van der Waals surface area contributed by atoms with Gasteiger partial charge in [-0.25, -0.2) is 0 Å². The number of nitrogens with zero attached hydrogens (tertiary/aromatic N) is 1. The lowest BCUT2D eigenvalue weighted by molar-refractivity contribution is -0.612. The van der Waals surface area contributed by atoms with Gasteiger partial charge in [-0.1, -0.05) is 25.1 Å². The van der Waals surface area contributed by atoms with Crippen LogP contribution in [0.3, 0.4) is 0 Å². The Bertz CT molecular complexity index is 551. The van der Waals surface area contributed by atoms with E-state index in [0.717, 1.165) is 5.39 Å². The van der Waals surface area contributed by atoms with Crippen molar-refractivity contribution in [1.82, 2.24) is 0 Å². The maximum Gasteiger partial charge on any atom is 0.381 e. The molecule has 2 aromatic rings. The number of carbonyl (C=O) groups excluding carboxylic acids is 1. The molecule has 1 unspecified atom stereocenters. The second-order valence-electron chi connectivity index (χ2n) is 3.70. The lowest BCUT2D eigenvalue weighted by atomic mass is 9.98. The zero-order valence-electron chi connectivity index (χ0n) is 8.75. The van der Waals surface area contributed by atoms with Gasteiger partial charge < -0.3 is 15.1 Å². The van der Waals surface area contributed by atoms with Gasteiger partial charge in [0, 0.05) is 16.7 Å². The van der Waals surface area contributed by atoms with Crippen LogP contribution >= 0.6 is 0 Å². The van der Waals surface area contributed by atoms with E-state index in [1.54, 1.807) is 31.2 Å². The smallest absolute Gasteiger partial charge is 0.381 e. The van der Waals surface area contributed by atoms with Crippen LogP contribution in [-0.2, 0) is 4.79 Å². The summed E-state index contributed by atoms with van der Waals surface area (Å²) in [6.07, 6.45) is 2.01. The molecule has 4 heteroatoms. The fourth-order valence-corrected chi connectivity index (χ4v) is 1.80. The first-order chi connectivity index (χ1) is 7.65. The lowest BCUT2D eigenvalue weighted by Gasteiger charge is -2.10. The van der Waals surface area contributed by atoms with Crippen LogP contribution in [0.25, 0.3) is 10.8 Å². The molecule has 1 atom stereocenters. The number of rotatable bonds is 2. The van der Waals surface area contributed by atoms with Gasteiger partial charge in [0.25, 0.3) is 0 Å². The normalized spacial score (nSPS) is 12.6. The van der Waals surface area contributed by atoms with Gasteiger partial charge in [0.2, 0.25) is 0 Å². The van der Waals surface area contributed by atoms with E-state index in [4.69, 9.17) is 0 Å². The molecule has 1 aromatic carbocycles. The van der Waals surface area contributed by atoms with Crippen LogP contribution in [0.5, 0.6) is 5.88 Å². The third kappa shape index (κ3) is 1.48. The standard InChI is InChI=1S/C12H11NO3/c1-8(7-14)11-10-5-3-2-4-9(10)6-13(16)12(11)15/h2-8,15H,1H3. The van der Waals surface area contributed by atoms with Crippen molar-refractivity contribution in [1.29, 1.82) is 0 Å². The van der Waals surface area contributed by atoms with Crippen molar-refractivity contribution in [3.05, 3.63) is 41.2 Å². The predicted molar refractivity (Wildman–Crippen MR) is 59.1 cm³/mol. The van der Waals surface area contributed by atoms with Crippen LogP contribution in [0.15, 0.2) is 30.5 Å². The molecule has 0 fully saturated rings. The van der Waals surface area contributed by atoms with Gasteiger partial charge in [0.1, 0.15) is 6.29 Å². The highest BCUT2D eigenvalue weighted by atomic mass is 16.5. The highest BCUT2D eigenvalue weighted by Crippen LogP contribution is 2.29. The lowest BCUT2D eigenvalue weighted by Crippen LogP contribution is -2.27. The van der Waals surface area contributed by atoms with Crippen molar-refractivity contribution < 1.29 is 14.6 Å². The second kappa shape index (κ2) is 3.81. The van der Waals surface area contributed by atoms with Crippen molar-refractivity contribution in [2.45, 2.75) is 12.8 Å². The van der Waals surface area contributed by atoms with E-state index in [1.165, 1.54) is 6.20 Å². The quantitative estimate of drug-likeness (QED) is 0.470. The van der Waals surface area contributed by atoms with Gasteiger partial charge in [-0.15, -0.1) is 4.73 Å². The molecule has 0 bridgehead atoms. The first-order valence-corrected chi connectivity index (χ1v) is 4.94. The van der Waals surface area contributed by atoms with Gasteiger partial charge in [-0.2, -0.15) is 0 Å².